The van der Waals surface area contributed by atoms with E-state index < -0.39 is 10.8 Å². The van der Waals surface area contributed by atoms with Crippen molar-refractivity contribution in [2.75, 3.05) is 0 Å². The van der Waals surface area contributed by atoms with Crippen molar-refractivity contribution in [1.29, 1.82) is 0 Å². The zero-order valence-electron chi connectivity index (χ0n) is 10.6. The van der Waals surface area contributed by atoms with Crippen LogP contribution in [0.25, 0.3) is 0 Å². The number of benzene rings is 1. The van der Waals surface area contributed by atoms with E-state index in [1.165, 1.54) is 43.9 Å². The molecule has 1 amide bonds. The summed E-state index contributed by atoms with van der Waals surface area (Å²) >= 11 is 0. The molecule has 1 aromatic heterocycles. The van der Waals surface area contributed by atoms with Crippen LogP contribution in [0.15, 0.2) is 46.3 Å². The smallest absolute Gasteiger partial charge is 0.273 e. The number of rotatable bonds is 4. The van der Waals surface area contributed by atoms with Crippen LogP contribution in [0.4, 0.5) is 5.69 Å². The number of nitrogens with one attached hydrogen (secondary N) is 1. The van der Waals surface area contributed by atoms with Gasteiger partial charge in [-0.3, -0.25) is 14.9 Å². The Morgan fingerprint density at radius 1 is 1.45 bits per heavy atom. The summed E-state index contributed by atoms with van der Waals surface area (Å²) in [5.41, 5.74) is 3.42. The van der Waals surface area contributed by atoms with Crippen molar-refractivity contribution in [3.05, 3.63) is 63.6 Å². The lowest BCUT2D eigenvalue weighted by molar-refractivity contribution is -0.385. The summed E-state index contributed by atoms with van der Waals surface area (Å²) < 4.78 is 4.84. The highest BCUT2D eigenvalue weighted by molar-refractivity contribution is 5.97. The van der Waals surface area contributed by atoms with Crippen LogP contribution in [-0.2, 0) is 0 Å². The number of amides is 1. The monoisotopic (exact) mass is 273 g/mol. The van der Waals surface area contributed by atoms with Crippen LogP contribution < -0.4 is 5.43 Å². The molecule has 2 aromatic rings. The van der Waals surface area contributed by atoms with Gasteiger partial charge in [0.05, 0.1) is 29.2 Å². The Labute approximate surface area is 114 Å². The maximum Gasteiger partial charge on any atom is 0.273 e. The Morgan fingerprint density at radius 3 is 2.90 bits per heavy atom. The molecular formula is C13H11N3O4. The van der Waals surface area contributed by atoms with Gasteiger partial charge in [0.1, 0.15) is 0 Å². The molecule has 0 atom stereocenters. The van der Waals surface area contributed by atoms with Gasteiger partial charge in [0.25, 0.3) is 11.6 Å². The molecule has 0 bridgehead atoms. The largest absolute Gasteiger partial charge is 0.472 e. The highest BCUT2D eigenvalue weighted by Crippen LogP contribution is 2.20. The van der Waals surface area contributed by atoms with Gasteiger partial charge in [-0.15, -0.1) is 0 Å². The van der Waals surface area contributed by atoms with Crippen molar-refractivity contribution >= 4 is 17.8 Å². The van der Waals surface area contributed by atoms with E-state index in [2.05, 4.69) is 10.5 Å². The summed E-state index contributed by atoms with van der Waals surface area (Å²) in [6, 6.07) is 5.99. The maximum absolute atomic E-state index is 11.9. The van der Waals surface area contributed by atoms with Crippen LogP contribution in [0.2, 0.25) is 0 Å². The van der Waals surface area contributed by atoms with Crippen molar-refractivity contribution < 1.29 is 14.1 Å². The first-order valence-corrected chi connectivity index (χ1v) is 5.69. The first-order chi connectivity index (χ1) is 9.59. The van der Waals surface area contributed by atoms with E-state index in [1.54, 1.807) is 6.07 Å². The van der Waals surface area contributed by atoms with E-state index in [0.29, 0.717) is 11.1 Å². The fourth-order valence-corrected chi connectivity index (χ4v) is 1.64. The fourth-order valence-electron chi connectivity index (χ4n) is 1.64. The first-order valence-electron chi connectivity index (χ1n) is 5.69. The molecule has 7 heteroatoms. The maximum atomic E-state index is 11.9. The van der Waals surface area contributed by atoms with Gasteiger partial charge in [-0.25, -0.2) is 5.43 Å². The molecule has 0 radical (unpaired) electrons. The molecule has 0 spiro atoms. The van der Waals surface area contributed by atoms with Crippen LogP contribution in [0.5, 0.6) is 0 Å². The Hall–Kier alpha value is -2.96. The summed E-state index contributed by atoms with van der Waals surface area (Å²) in [6.07, 6.45) is 4.36. The number of nitrogens with zero attached hydrogens (tertiary/aromatic N) is 2. The highest BCUT2D eigenvalue weighted by atomic mass is 16.6. The van der Waals surface area contributed by atoms with E-state index in [9.17, 15) is 14.9 Å². The summed E-state index contributed by atoms with van der Waals surface area (Å²) in [4.78, 5) is 22.2. The van der Waals surface area contributed by atoms with Gasteiger partial charge < -0.3 is 4.42 Å². The summed E-state index contributed by atoms with van der Waals surface area (Å²) in [5, 5.41) is 14.6. The molecule has 0 aliphatic rings. The van der Waals surface area contributed by atoms with E-state index >= 15 is 0 Å². The van der Waals surface area contributed by atoms with Gasteiger partial charge >= 0.3 is 0 Å². The second-order valence-corrected chi connectivity index (χ2v) is 3.96. The molecule has 1 aromatic carbocycles. The molecular weight excluding hydrogens is 262 g/mol. The van der Waals surface area contributed by atoms with Gasteiger partial charge in [0.15, 0.2) is 0 Å². The molecule has 2 rings (SSSR count). The number of furan rings is 1. The number of hydrazone groups is 1. The van der Waals surface area contributed by atoms with Crippen LogP contribution >= 0.6 is 0 Å². The number of nitro benzene ring substituents is 1. The van der Waals surface area contributed by atoms with Crippen LogP contribution in [0.1, 0.15) is 21.5 Å². The van der Waals surface area contributed by atoms with E-state index in [4.69, 9.17) is 4.42 Å². The Balaban J connectivity index is 2.13. The van der Waals surface area contributed by atoms with Gasteiger partial charge in [0.2, 0.25) is 0 Å². The lowest BCUT2D eigenvalue weighted by Crippen LogP contribution is -2.19. The second kappa shape index (κ2) is 5.79. The summed E-state index contributed by atoms with van der Waals surface area (Å²) in [7, 11) is 0. The third kappa shape index (κ3) is 2.89. The minimum Gasteiger partial charge on any atom is -0.472 e. The standard InChI is InChI=1S/C13H11N3O4/c1-9-11(3-2-4-12(9)16(18)19)13(17)15-14-7-10-5-6-20-8-10/h2-8H,1H3,(H,15,17)/b14-7-. The van der Waals surface area contributed by atoms with E-state index in [1.807, 2.05) is 0 Å². The number of hydrogen-bond donors (Lipinski definition) is 1. The molecule has 0 unspecified atom stereocenters. The van der Waals surface area contributed by atoms with Crippen molar-refractivity contribution in [3.8, 4) is 0 Å². The topological polar surface area (TPSA) is 97.7 Å². The van der Waals surface area contributed by atoms with Gasteiger partial charge in [0, 0.05) is 17.2 Å². The van der Waals surface area contributed by atoms with Crippen molar-refractivity contribution in [1.82, 2.24) is 5.43 Å². The number of hydrogen-bond acceptors (Lipinski definition) is 5. The SMILES string of the molecule is Cc1c(C(=O)N/N=C\c2ccoc2)cccc1[N+](=O)[O-]. The number of carbonyl (C=O) groups excluding carboxylic acids is 1. The third-order valence-corrected chi connectivity index (χ3v) is 2.67. The number of nitro groups is 1. The zero-order chi connectivity index (χ0) is 14.5. The molecule has 0 aliphatic carbocycles. The van der Waals surface area contributed by atoms with Gasteiger partial charge in [-0.05, 0) is 19.1 Å². The average Bonchev–Trinajstić information content (AvgIpc) is 2.91. The molecule has 0 saturated carbocycles. The average molecular weight is 273 g/mol. The molecule has 0 aliphatic heterocycles. The quantitative estimate of drug-likeness (QED) is 0.524. The van der Waals surface area contributed by atoms with Gasteiger partial charge in [-0.2, -0.15) is 5.10 Å². The van der Waals surface area contributed by atoms with E-state index in [-0.39, 0.29) is 11.3 Å². The predicted molar refractivity (Wildman–Crippen MR) is 71.6 cm³/mol. The normalized spacial score (nSPS) is 10.7. The molecule has 102 valence electrons. The van der Waals surface area contributed by atoms with Crippen LogP contribution in [0, 0.1) is 17.0 Å². The lowest BCUT2D eigenvalue weighted by Gasteiger charge is -2.04. The predicted octanol–water partition coefficient (Wildman–Crippen LogP) is 2.26. The second-order valence-electron chi connectivity index (χ2n) is 3.96. The Bertz CT molecular complexity index is 662. The van der Waals surface area contributed by atoms with E-state index in [0.717, 1.165) is 0 Å². The molecule has 0 saturated heterocycles. The van der Waals surface area contributed by atoms with Crippen LogP contribution in [0.3, 0.4) is 0 Å². The summed E-state index contributed by atoms with van der Waals surface area (Å²) in [5.74, 6) is -0.508. The zero-order valence-corrected chi connectivity index (χ0v) is 10.6. The first kappa shape index (κ1) is 13.5. The van der Waals surface area contributed by atoms with Gasteiger partial charge in [-0.1, -0.05) is 6.07 Å². The van der Waals surface area contributed by atoms with Crippen molar-refractivity contribution in [2.45, 2.75) is 6.92 Å². The molecule has 20 heavy (non-hydrogen) atoms. The fraction of sp³-hybridized carbons (Fsp3) is 0.0769. The third-order valence-electron chi connectivity index (χ3n) is 2.67. The van der Waals surface area contributed by atoms with Crippen molar-refractivity contribution in [3.63, 3.8) is 0 Å². The number of carbonyl (C=O) groups is 1. The molecule has 1 heterocycles. The minimum atomic E-state index is -0.527. The Morgan fingerprint density at radius 2 is 2.25 bits per heavy atom. The molecule has 7 nitrogen and oxygen atoms in total. The minimum absolute atomic E-state index is 0.100. The Kier molecular flexibility index (Phi) is 3.90. The summed E-state index contributed by atoms with van der Waals surface area (Å²) in [6.45, 7) is 1.52. The van der Waals surface area contributed by atoms with Crippen LogP contribution in [-0.4, -0.2) is 17.0 Å². The lowest BCUT2D eigenvalue weighted by atomic mass is 10.1. The molecule has 0 fully saturated rings. The molecule has 1 N–H and O–H groups in total. The van der Waals surface area contributed by atoms with Crippen molar-refractivity contribution in [2.24, 2.45) is 5.10 Å². The highest BCUT2D eigenvalue weighted by Gasteiger charge is 2.17.